The Hall–Kier alpha value is -3.12. The number of Topliss-reactive ketones (excluding diaryl/α,β-unsaturated/α-hetero) is 1. The summed E-state index contributed by atoms with van der Waals surface area (Å²) in [4.78, 5) is 29.7. The number of nitriles is 1. The van der Waals surface area contributed by atoms with Crippen molar-refractivity contribution in [1.82, 2.24) is 14.0 Å². The molecule has 0 aliphatic carbocycles. The fraction of sp³-hybridized carbons (Fsp3) is 0.364. The van der Waals surface area contributed by atoms with Gasteiger partial charge in [0.2, 0.25) is 5.78 Å². The second-order valence-corrected chi connectivity index (χ2v) is 7.84. The van der Waals surface area contributed by atoms with E-state index in [-0.39, 0.29) is 49.4 Å². The number of aryl methyl sites for hydroxylation is 1. The highest BCUT2D eigenvalue weighted by molar-refractivity contribution is 6.30. The highest BCUT2D eigenvalue weighted by Gasteiger charge is 2.26. The molecule has 0 aliphatic rings. The number of hydrogen-bond donors (Lipinski definition) is 0. The van der Waals surface area contributed by atoms with Crippen LogP contribution in [0.4, 0.5) is 13.2 Å². The molecule has 3 rings (SSSR count). The molecule has 0 fully saturated rings. The van der Waals surface area contributed by atoms with Gasteiger partial charge in [-0.05, 0) is 25.0 Å². The predicted octanol–water partition coefficient (Wildman–Crippen LogP) is 4.96. The average molecular weight is 465 g/mol. The van der Waals surface area contributed by atoms with Crippen LogP contribution in [0.5, 0.6) is 0 Å². The van der Waals surface area contributed by atoms with Crippen LogP contribution >= 0.6 is 11.6 Å². The van der Waals surface area contributed by atoms with E-state index in [1.165, 1.54) is 21.4 Å². The Balaban J connectivity index is 1.99. The first-order valence-electron chi connectivity index (χ1n) is 10.0. The van der Waals surface area contributed by atoms with Crippen LogP contribution in [0.3, 0.4) is 0 Å². The summed E-state index contributed by atoms with van der Waals surface area (Å²) < 4.78 is 40.6. The molecule has 0 atom stereocenters. The van der Waals surface area contributed by atoms with Crippen molar-refractivity contribution >= 4 is 23.2 Å². The largest absolute Gasteiger partial charge is 0.389 e. The molecule has 2 heterocycles. The van der Waals surface area contributed by atoms with E-state index in [4.69, 9.17) is 16.9 Å². The second-order valence-electron chi connectivity index (χ2n) is 7.40. The molecule has 10 heteroatoms. The number of carbonyl (C=O) groups is 1. The Morgan fingerprint density at radius 3 is 2.53 bits per heavy atom. The van der Waals surface area contributed by atoms with E-state index >= 15 is 0 Å². The molecule has 0 N–H and O–H groups in total. The summed E-state index contributed by atoms with van der Waals surface area (Å²) in [7, 11) is 0. The van der Waals surface area contributed by atoms with E-state index in [1.807, 2.05) is 6.07 Å². The lowest BCUT2D eigenvalue weighted by Crippen LogP contribution is -2.24. The molecule has 1 aromatic carbocycles. The van der Waals surface area contributed by atoms with Crippen LogP contribution in [-0.2, 0) is 17.8 Å². The van der Waals surface area contributed by atoms with Crippen LogP contribution in [0.15, 0.2) is 41.5 Å². The third kappa shape index (κ3) is 5.98. The molecule has 0 spiro atoms. The number of imidazole rings is 1. The van der Waals surface area contributed by atoms with Crippen molar-refractivity contribution in [1.29, 1.82) is 5.26 Å². The van der Waals surface area contributed by atoms with Gasteiger partial charge >= 0.3 is 6.18 Å². The molecule has 0 aliphatic heterocycles. The number of benzene rings is 1. The van der Waals surface area contributed by atoms with Crippen LogP contribution in [0.2, 0.25) is 5.02 Å². The number of ketones is 1. The van der Waals surface area contributed by atoms with Gasteiger partial charge in [0.15, 0.2) is 0 Å². The van der Waals surface area contributed by atoms with Crippen molar-refractivity contribution in [2.45, 2.75) is 51.2 Å². The molecule has 32 heavy (non-hydrogen) atoms. The summed E-state index contributed by atoms with van der Waals surface area (Å²) in [6.45, 7) is -0.0179. The molecular weight excluding hydrogens is 445 g/mol. The van der Waals surface area contributed by atoms with Gasteiger partial charge in [-0.2, -0.15) is 18.4 Å². The fourth-order valence-electron chi connectivity index (χ4n) is 3.34. The van der Waals surface area contributed by atoms with Gasteiger partial charge in [-0.15, -0.1) is 0 Å². The molecule has 0 unspecified atom stereocenters. The number of aromatic nitrogens is 3. The van der Waals surface area contributed by atoms with Crippen molar-refractivity contribution in [3.63, 3.8) is 0 Å². The first-order valence-corrected chi connectivity index (χ1v) is 10.4. The lowest BCUT2D eigenvalue weighted by atomic mass is 10.1. The summed E-state index contributed by atoms with van der Waals surface area (Å²) in [6.07, 6.45) is -1.92. The molecule has 168 valence electrons. The van der Waals surface area contributed by atoms with Crippen LogP contribution < -0.4 is 5.56 Å². The Labute approximate surface area is 186 Å². The van der Waals surface area contributed by atoms with Crippen molar-refractivity contribution < 1.29 is 18.0 Å². The zero-order chi connectivity index (χ0) is 23.3. The first kappa shape index (κ1) is 23.5. The summed E-state index contributed by atoms with van der Waals surface area (Å²) in [5.41, 5.74) is 0.870. The van der Waals surface area contributed by atoms with Crippen LogP contribution in [0.1, 0.15) is 37.7 Å². The van der Waals surface area contributed by atoms with Crippen LogP contribution in [0.25, 0.3) is 17.0 Å². The number of carbonyl (C=O) groups excluding carboxylic acids is 1. The SMILES string of the molecule is N#CCCCC(=O)Cc1cn(CCCC(F)(F)F)c2nc(-c3ccc(Cl)cc3)cn2c1=O. The summed E-state index contributed by atoms with van der Waals surface area (Å²) >= 11 is 5.92. The monoisotopic (exact) mass is 464 g/mol. The van der Waals surface area contributed by atoms with Gasteiger partial charge in [-0.25, -0.2) is 4.98 Å². The number of rotatable bonds is 9. The topological polar surface area (TPSA) is 80.2 Å². The lowest BCUT2D eigenvalue weighted by molar-refractivity contribution is -0.135. The minimum absolute atomic E-state index is 0.0179. The molecule has 0 saturated carbocycles. The number of hydrogen-bond acceptors (Lipinski definition) is 4. The van der Waals surface area contributed by atoms with Crippen molar-refractivity contribution in [3.8, 4) is 17.3 Å². The molecule has 0 amide bonds. The predicted molar refractivity (Wildman–Crippen MR) is 113 cm³/mol. The van der Waals surface area contributed by atoms with Gasteiger partial charge in [0.25, 0.3) is 5.56 Å². The van der Waals surface area contributed by atoms with E-state index in [1.54, 1.807) is 24.3 Å². The Bertz CT molecular complexity index is 1210. The lowest BCUT2D eigenvalue weighted by Gasteiger charge is -2.12. The van der Waals surface area contributed by atoms with E-state index in [0.717, 1.165) is 0 Å². The van der Waals surface area contributed by atoms with E-state index in [2.05, 4.69) is 4.98 Å². The third-order valence-electron chi connectivity index (χ3n) is 4.88. The number of fused-ring (bicyclic) bond motifs is 1. The third-order valence-corrected chi connectivity index (χ3v) is 5.13. The average Bonchev–Trinajstić information content (AvgIpc) is 3.17. The zero-order valence-electron chi connectivity index (χ0n) is 17.0. The summed E-state index contributed by atoms with van der Waals surface area (Å²) in [5.74, 6) is -0.0145. The minimum atomic E-state index is -4.29. The number of nitrogens with zero attached hydrogens (tertiary/aromatic N) is 4. The molecular formula is C22H20ClF3N4O2. The number of unbranched alkanes of at least 4 members (excludes halogenated alkanes) is 1. The van der Waals surface area contributed by atoms with Gasteiger partial charge in [0, 0.05) is 60.8 Å². The Morgan fingerprint density at radius 1 is 1.16 bits per heavy atom. The van der Waals surface area contributed by atoms with Crippen molar-refractivity contribution in [2.75, 3.05) is 0 Å². The summed E-state index contributed by atoms with van der Waals surface area (Å²) in [5, 5.41) is 9.14. The molecule has 6 nitrogen and oxygen atoms in total. The maximum absolute atomic E-state index is 13.0. The smallest absolute Gasteiger partial charge is 0.318 e. The number of alkyl halides is 3. The first-order chi connectivity index (χ1) is 15.2. The Morgan fingerprint density at radius 2 is 1.88 bits per heavy atom. The van der Waals surface area contributed by atoms with Gasteiger partial charge in [0.1, 0.15) is 5.78 Å². The number of halogens is 4. The fourth-order valence-corrected chi connectivity index (χ4v) is 3.47. The molecule has 0 bridgehead atoms. The van der Waals surface area contributed by atoms with Gasteiger partial charge in [0.05, 0.1) is 11.8 Å². The standard InChI is InChI=1S/C22H20ClF3N4O2/c23-17-7-5-15(6-8-17)19-14-30-20(32)16(12-18(31)4-1-2-10-27)13-29(21(30)28-19)11-3-9-22(24,25)26/h5-8,13-14H,1-4,9,11-12H2. The minimum Gasteiger partial charge on any atom is -0.318 e. The second kappa shape index (κ2) is 10.0. The quantitative estimate of drug-likeness (QED) is 0.419. The van der Waals surface area contributed by atoms with Crippen LogP contribution in [0, 0.1) is 11.3 Å². The van der Waals surface area contributed by atoms with Crippen LogP contribution in [-0.4, -0.2) is 25.9 Å². The Kier molecular flexibility index (Phi) is 7.36. The van der Waals surface area contributed by atoms with Gasteiger partial charge in [-0.3, -0.25) is 14.0 Å². The van der Waals surface area contributed by atoms with Gasteiger partial charge in [-0.1, -0.05) is 23.7 Å². The zero-order valence-corrected chi connectivity index (χ0v) is 17.8. The molecule has 0 saturated heterocycles. The maximum Gasteiger partial charge on any atom is 0.389 e. The highest BCUT2D eigenvalue weighted by Crippen LogP contribution is 2.23. The maximum atomic E-state index is 13.0. The molecule has 3 aromatic rings. The highest BCUT2D eigenvalue weighted by atomic mass is 35.5. The van der Waals surface area contributed by atoms with Crippen molar-refractivity contribution in [3.05, 3.63) is 57.6 Å². The summed E-state index contributed by atoms with van der Waals surface area (Å²) in [6, 6.07) is 8.74. The normalized spacial score (nSPS) is 11.6. The van der Waals surface area contributed by atoms with E-state index in [0.29, 0.717) is 22.7 Å². The van der Waals surface area contributed by atoms with E-state index in [9.17, 15) is 22.8 Å². The molecule has 2 aromatic heterocycles. The van der Waals surface area contributed by atoms with E-state index < -0.39 is 18.2 Å². The van der Waals surface area contributed by atoms with Gasteiger partial charge < -0.3 is 4.57 Å². The molecule has 0 radical (unpaired) electrons. The van der Waals surface area contributed by atoms with Crippen molar-refractivity contribution in [2.24, 2.45) is 0 Å².